The Morgan fingerprint density at radius 1 is 1.10 bits per heavy atom. The van der Waals surface area contributed by atoms with Crippen LogP contribution in [0.1, 0.15) is 59.8 Å². The zero-order chi connectivity index (χ0) is 15.0. The van der Waals surface area contributed by atoms with Gasteiger partial charge in [0.1, 0.15) is 0 Å². The van der Waals surface area contributed by atoms with Crippen molar-refractivity contribution in [3.8, 4) is 0 Å². The van der Waals surface area contributed by atoms with E-state index in [1.807, 2.05) is 7.05 Å². The van der Waals surface area contributed by atoms with Crippen LogP contribution in [0.3, 0.4) is 0 Å². The third-order valence-corrected chi connectivity index (χ3v) is 4.06. The molecule has 0 aromatic heterocycles. The highest BCUT2D eigenvalue weighted by atomic mass is 15.2. The first-order valence-electron chi connectivity index (χ1n) is 8.16. The highest BCUT2D eigenvalue weighted by molar-refractivity contribution is 5.79. The maximum Gasteiger partial charge on any atom is 0.191 e. The van der Waals surface area contributed by atoms with Crippen LogP contribution in [0.2, 0.25) is 0 Å². The van der Waals surface area contributed by atoms with E-state index in [1.165, 1.54) is 32.1 Å². The number of aliphatic imine (C=N–C) groups is 1. The molecule has 1 aliphatic rings. The van der Waals surface area contributed by atoms with Crippen molar-refractivity contribution in [2.75, 3.05) is 20.1 Å². The Balaban J connectivity index is 2.20. The second kappa shape index (κ2) is 8.50. The van der Waals surface area contributed by atoms with Gasteiger partial charge in [-0.2, -0.15) is 0 Å². The minimum Gasteiger partial charge on any atom is -0.355 e. The molecule has 0 spiro atoms. The summed E-state index contributed by atoms with van der Waals surface area (Å²) in [6.07, 6.45) is 6.60. The van der Waals surface area contributed by atoms with Crippen molar-refractivity contribution in [3.63, 3.8) is 0 Å². The molecule has 0 amide bonds. The Kier molecular flexibility index (Phi) is 7.35. The van der Waals surface area contributed by atoms with Crippen LogP contribution in [0, 0.1) is 5.92 Å². The van der Waals surface area contributed by atoms with E-state index in [-0.39, 0.29) is 5.54 Å². The van der Waals surface area contributed by atoms with E-state index < -0.39 is 0 Å². The number of nitrogens with one attached hydrogen (secondary N) is 3. The third-order valence-electron chi connectivity index (χ3n) is 4.06. The van der Waals surface area contributed by atoms with Crippen molar-refractivity contribution in [2.45, 2.75) is 71.4 Å². The van der Waals surface area contributed by atoms with Gasteiger partial charge in [-0.3, -0.25) is 4.99 Å². The normalized spacial score (nSPS) is 24.6. The molecule has 20 heavy (non-hydrogen) atoms. The van der Waals surface area contributed by atoms with E-state index in [1.54, 1.807) is 0 Å². The molecule has 1 rings (SSSR count). The maximum absolute atomic E-state index is 4.32. The fraction of sp³-hybridized carbons (Fsp3) is 0.938. The van der Waals surface area contributed by atoms with E-state index >= 15 is 0 Å². The standard InChI is InChI=1S/C16H34N4/c1-6-13-7-9-14(10-8-13)20-15(17-5)18-11-12-19-16(2,3)4/h13-14,19H,6-12H2,1-5H3,(H2,17,18,20). The van der Waals surface area contributed by atoms with Gasteiger partial charge in [0.05, 0.1) is 0 Å². The lowest BCUT2D eigenvalue weighted by Crippen LogP contribution is -2.47. The molecule has 1 saturated carbocycles. The summed E-state index contributed by atoms with van der Waals surface area (Å²) < 4.78 is 0. The molecule has 3 N–H and O–H groups in total. The van der Waals surface area contributed by atoms with Crippen molar-refractivity contribution < 1.29 is 0 Å². The Morgan fingerprint density at radius 2 is 1.75 bits per heavy atom. The molecule has 4 heteroatoms. The van der Waals surface area contributed by atoms with Gasteiger partial charge in [-0.15, -0.1) is 0 Å². The summed E-state index contributed by atoms with van der Waals surface area (Å²) in [6.45, 7) is 10.7. The average molecular weight is 282 g/mol. The smallest absolute Gasteiger partial charge is 0.191 e. The summed E-state index contributed by atoms with van der Waals surface area (Å²) in [6, 6.07) is 0.597. The zero-order valence-electron chi connectivity index (χ0n) is 14.1. The summed E-state index contributed by atoms with van der Waals surface area (Å²) in [7, 11) is 1.85. The van der Waals surface area contributed by atoms with Gasteiger partial charge in [0.2, 0.25) is 0 Å². The summed E-state index contributed by atoms with van der Waals surface area (Å²) in [4.78, 5) is 4.32. The number of rotatable bonds is 5. The van der Waals surface area contributed by atoms with Crippen LogP contribution in [0.15, 0.2) is 4.99 Å². The van der Waals surface area contributed by atoms with E-state index in [2.05, 4.69) is 48.6 Å². The molecule has 1 aliphatic carbocycles. The Hall–Kier alpha value is -0.770. The molecule has 4 nitrogen and oxygen atoms in total. The monoisotopic (exact) mass is 282 g/mol. The molecular formula is C16H34N4. The van der Waals surface area contributed by atoms with Crippen molar-refractivity contribution in [1.29, 1.82) is 0 Å². The predicted octanol–water partition coefficient (Wildman–Crippen LogP) is 2.51. The molecule has 0 saturated heterocycles. The fourth-order valence-corrected chi connectivity index (χ4v) is 2.72. The quantitative estimate of drug-likeness (QED) is 0.412. The molecule has 0 aliphatic heterocycles. The Morgan fingerprint density at radius 3 is 2.25 bits per heavy atom. The van der Waals surface area contributed by atoms with Crippen LogP contribution in [-0.2, 0) is 0 Å². The van der Waals surface area contributed by atoms with Crippen LogP contribution in [0.5, 0.6) is 0 Å². The number of nitrogens with zero attached hydrogens (tertiary/aromatic N) is 1. The Bertz CT molecular complexity index is 285. The molecular weight excluding hydrogens is 248 g/mol. The largest absolute Gasteiger partial charge is 0.355 e. The summed E-state index contributed by atoms with van der Waals surface area (Å²) in [5.41, 5.74) is 0.178. The zero-order valence-corrected chi connectivity index (χ0v) is 14.1. The van der Waals surface area contributed by atoms with Gasteiger partial charge in [0.15, 0.2) is 5.96 Å². The molecule has 118 valence electrons. The predicted molar refractivity (Wildman–Crippen MR) is 88.3 cm³/mol. The first-order valence-corrected chi connectivity index (χ1v) is 8.16. The Labute approximate surface area is 125 Å². The third kappa shape index (κ3) is 7.13. The molecule has 0 unspecified atom stereocenters. The topological polar surface area (TPSA) is 48.5 Å². The number of hydrogen-bond acceptors (Lipinski definition) is 2. The molecule has 0 aromatic carbocycles. The lowest BCUT2D eigenvalue weighted by molar-refractivity contribution is 0.304. The van der Waals surface area contributed by atoms with Gasteiger partial charge >= 0.3 is 0 Å². The minimum absolute atomic E-state index is 0.178. The second-order valence-electron chi connectivity index (χ2n) is 6.95. The van der Waals surface area contributed by atoms with Gasteiger partial charge in [0, 0.05) is 31.7 Å². The first kappa shape index (κ1) is 17.3. The van der Waals surface area contributed by atoms with Gasteiger partial charge in [-0.1, -0.05) is 13.3 Å². The second-order valence-corrected chi connectivity index (χ2v) is 6.95. The van der Waals surface area contributed by atoms with Crippen molar-refractivity contribution in [3.05, 3.63) is 0 Å². The first-order chi connectivity index (χ1) is 9.44. The number of hydrogen-bond donors (Lipinski definition) is 3. The van der Waals surface area contributed by atoms with Crippen LogP contribution >= 0.6 is 0 Å². The summed E-state index contributed by atoms with van der Waals surface area (Å²) in [5.74, 6) is 1.89. The van der Waals surface area contributed by atoms with E-state index in [0.29, 0.717) is 6.04 Å². The summed E-state index contributed by atoms with van der Waals surface area (Å²) in [5, 5.41) is 10.4. The molecule has 0 aromatic rings. The van der Waals surface area contributed by atoms with Gasteiger partial charge in [0.25, 0.3) is 0 Å². The molecule has 1 fully saturated rings. The average Bonchev–Trinajstić information content (AvgIpc) is 2.42. The highest BCUT2D eigenvalue weighted by Gasteiger charge is 2.20. The molecule has 0 radical (unpaired) electrons. The van der Waals surface area contributed by atoms with E-state index in [4.69, 9.17) is 0 Å². The van der Waals surface area contributed by atoms with Crippen LogP contribution in [0.25, 0.3) is 0 Å². The molecule has 0 bridgehead atoms. The fourth-order valence-electron chi connectivity index (χ4n) is 2.72. The van der Waals surface area contributed by atoms with Crippen LogP contribution < -0.4 is 16.0 Å². The van der Waals surface area contributed by atoms with Crippen molar-refractivity contribution >= 4 is 5.96 Å². The number of guanidine groups is 1. The molecule has 0 heterocycles. The highest BCUT2D eigenvalue weighted by Crippen LogP contribution is 2.26. The van der Waals surface area contributed by atoms with Gasteiger partial charge < -0.3 is 16.0 Å². The van der Waals surface area contributed by atoms with E-state index in [0.717, 1.165) is 25.0 Å². The molecule has 0 atom stereocenters. The van der Waals surface area contributed by atoms with E-state index in [9.17, 15) is 0 Å². The van der Waals surface area contributed by atoms with Gasteiger partial charge in [-0.05, 0) is 52.4 Å². The lowest BCUT2D eigenvalue weighted by atomic mass is 9.84. The minimum atomic E-state index is 0.178. The maximum atomic E-state index is 4.32. The van der Waals surface area contributed by atoms with Crippen LogP contribution in [-0.4, -0.2) is 37.7 Å². The van der Waals surface area contributed by atoms with Crippen molar-refractivity contribution in [2.24, 2.45) is 10.9 Å². The SMILES string of the molecule is CCC1CCC(NC(=NC)NCCNC(C)(C)C)CC1. The lowest BCUT2D eigenvalue weighted by Gasteiger charge is -2.29. The van der Waals surface area contributed by atoms with Crippen LogP contribution in [0.4, 0.5) is 0 Å². The van der Waals surface area contributed by atoms with Gasteiger partial charge in [-0.25, -0.2) is 0 Å². The summed E-state index contributed by atoms with van der Waals surface area (Å²) >= 11 is 0. The van der Waals surface area contributed by atoms with Crippen molar-refractivity contribution in [1.82, 2.24) is 16.0 Å².